The molecule has 0 aliphatic heterocycles. The van der Waals surface area contributed by atoms with Gasteiger partial charge in [-0.2, -0.15) is 0 Å². The second-order valence-electron chi connectivity index (χ2n) is 5.44. The van der Waals surface area contributed by atoms with E-state index in [0.29, 0.717) is 10.7 Å². The summed E-state index contributed by atoms with van der Waals surface area (Å²) in [6, 6.07) is 16.2. The third-order valence-electron chi connectivity index (χ3n) is 3.99. The number of benzene rings is 2. The van der Waals surface area contributed by atoms with Crippen LogP contribution < -0.4 is 0 Å². The van der Waals surface area contributed by atoms with Crippen molar-refractivity contribution in [2.75, 3.05) is 0 Å². The van der Waals surface area contributed by atoms with Gasteiger partial charge in [-0.1, -0.05) is 55.3 Å². The van der Waals surface area contributed by atoms with E-state index in [1.165, 1.54) is 18.4 Å². The zero-order valence-corrected chi connectivity index (χ0v) is 14.5. The van der Waals surface area contributed by atoms with E-state index < -0.39 is 0 Å². The normalized spacial score (nSPS) is 10.5. The van der Waals surface area contributed by atoms with Crippen molar-refractivity contribution in [3.05, 3.63) is 64.8 Å². The van der Waals surface area contributed by atoms with Crippen molar-refractivity contribution in [3.63, 3.8) is 0 Å². The van der Waals surface area contributed by atoms with E-state index in [1.807, 2.05) is 28.8 Å². The molecule has 0 aliphatic rings. The number of aromatic nitrogens is 1. The molecule has 1 heterocycles. The van der Waals surface area contributed by atoms with Crippen molar-refractivity contribution < 1.29 is 4.79 Å². The van der Waals surface area contributed by atoms with Crippen LogP contribution in [-0.4, -0.2) is 10.9 Å². The molecule has 2 nitrogen and oxygen atoms in total. The van der Waals surface area contributed by atoms with Gasteiger partial charge in [0.15, 0.2) is 6.29 Å². The summed E-state index contributed by atoms with van der Waals surface area (Å²) in [7, 11) is 0. The number of carbonyl (C=O) groups excluding carboxylic acids is 1. The minimum atomic E-state index is 0. The van der Waals surface area contributed by atoms with Crippen molar-refractivity contribution in [2.45, 2.75) is 26.2 Å². The average Bonchev–Trinajstić information content (AvgIpc) is 2.85. The Bertz CT molecular complexity index is 806. The molecule has 0 atom stereocenters. The van der Waals surface area contributed by atoms with Gasteiger partial charge in [-0.15, -0.1) is 12.4 Å². The molecule has 0 spiro atoms. The molecule has 0 radical (unpaired) electrons. The van der Waals surface area contributed by atoms with E-state index in [9.17, 15) is 4.79 Å². The quantitative estimate of drug-likeness (QED) is 0.529. The highest BCUT2D eigenvalue weighted by molar-refractivity contribution is 6.34. The maximum Gasteiger partial charge on any atom is 0.153 e. The topological polar surface area (TPSA) is 22.0 Å². The Morgan fingerprint density at radius 3 is 2.43 bits per heavy atom. The van der Waals surface area contributed by atoms with Crippen LogP contribution in [0.3, 0.4) is 0 Å². The van der Waals surface area contributed by atoms with Crippen molar-refractivity contribution in [1.82, 2.24) is 4.57 Å². The summed E-state index contributed by atoms with van der Waals surface area (Å²) in [6.45, 7) is 2.20. The molecular formula is C19H19Cl2NO. The molecule has 0 saturated carbocycles. The average molecular weight is 348 g/mol. The van der Waals surface area contributed by atoms with E-state index in [4.69, 9.17) is 11.6 Å². The monoisotopic (exact) mass is 347 g/mol. The number of carbonyl (C=O) groups is 1. The molecule has 1 aromatic heterocycles. The summed E-state index contributed by atoms with van der Waals surface area (Å²) >= 11 is 6.44. The van der Waals surface area contributed by atoms with Gasteiger partial charge in [-0.3, -0.25) is 9.36 Å². The van der Waals surface area contributed by atoms with Gasteiger partial charge >= 0.3 is 0 Å². The van der Waals surface area contributed by atoms with Crippen LogP contribution in [0.5, 0.6) is 0 Å². The minimum Gasteiger partial charge on any atom is -0.300 e. The zero-order valence-electron chi connectivity index (χ0n) is 13.0. The predicted octanol–water partition coefficient (Wildman–Crippen LogP) is 5.86. The molecule has 0 fully saturated rings. The molecule has 23 heavy (non-hydrogen) atoms. The molecule has 3 aromatic rings. The number of rotatable bonds is 5. The van der Waals surface area contributed by atoms with Crippen molar-refractivity contribution in [1.29, 1.82) is 0 Å². The molecule has 4 heteroatoms. The molecule has 0 amide bonds. The van der Waals surface area contributed by atoms with Crippen molar-refractivity contribution >= 4 is 41.2 Å². The minimum absolute atomic E-state index is 0. The summed E-state index contributed by atoms with van der Waals surface area (Å²) < 4.78 is 1.93. The fraction of sp³-hybridized carbons (Fsp3) is 0.211. The first kappa shape index (κ1) is 17.6. The molecule has 0 N–H and O–H groups in total. The maximum atomic E-state index is 11.4. The molecule has 0 unspecified atom stereocenters. The highest BCUT2D eigenvalue weighted by Crippen LogP contribution is 2.32. The Morgan fingerprint density at radius 2 is 1.78 bits per heavy atom. The van der Waals surface area contributed by atoms with Crippen LogP contribution >= 0.6 is 24.0 Å². The highest BCUT2D eigenvalue weighted by Gasteiger charge is 2.15. The summed E-state index contributed by atoms with van der Waals surface area (Å²) in [5.41, 5.74) is 3.81. The number of unbranched alkanes of at least 4 members (excludes halogenated alkanes) is 1. The maximum absolute atomic E-state index is 11.4. The van der Waals surface area contributed by atoms with Crippen molar-refractivity contribution in [3.8, 4) is 5.69 Å². The molecular weight excluding hydrogens is 329 g/mol. The smallest absolute Gasteiger partial charge is 0.153 e. The van der Waals surface area contributed by atoms with Crippen LogP contribution in [0.2, 0.25) is 5.15 Å². The Labute approximate surface area is 147 Å². The molecule has 0 aliphatic carbocycles. The summed E-state index contributed by atoms with van der Waals surface area (Å²) in [5.74, 6) is 0. The van der Waals surface area contributed by atoms with Gasteiger partial charge in [0, 0.05) is 11.1 Å². The first-order chi connectivity index (χ1) is 10.8. The third kappa shape index (κ3) is 3.29. The van der Waals surface area contributed by atoms with Gasteiger partial charge < -0.3 is 0 Å². The van der Waals surface area contributed by atoms with E-state index >= 15 is 0 Å². The van der Waals surface area contributed by atoms with Gasteiger partial charge in [0.2, 0.25) is 0 Å². The standard InChI is InChI=1S/C19H18ClNO.ClH/c1-2-3-6-14-9-11-15(12-10-14)21-18-8-5-4-7-16(18)17(13-22)19(21)20;/h4-5,7-13H,2-3,6H2,1H3;1H. The Hall–Kier alpha value is -1.77. The Kier molecular flexibility index (Phi) is 5.86. The lowest BCUT2D eigenvalue weighted by atomic mass is 10.1. The SMILES string of the molecule is CCCCc1ccc(-n2c(Cl)c(C=O)c3ccccc32)cc1.Cl. The number of aryl methyl sites for hydroxylation is 1. The van der Waals surface area contributed by atoms with Crippen LogP contribution in [0.15, 0.2) is 48.5 Å². The van der Waals surface area contributed by atoms with E-state index in [0.717, 1.165) is 29.3 Å². The van der Waals surface area contributed by atoms with Crippen LogP contribution in [0.25, 0.3) is 16.6 Å². The molecule has 0 bridgehead atoms. The number of hydrogen-bond donors (Lipinski definition) is 0. The van der Waals surface area contributed by atoms with E-state index in [-0.39, 0.29) is 12.4 Å². The van der Waals surface area contributed by atoms with E-state index in [1.54, 1.807) is 0 Å². The first-order valence-electron chi connectivity index (χ1n) is 7.59. The van der Waals surface area contributed by atoms with Crippen LogP contribution in [0, 0.1) is 0 Å². The zero-order chi connectivity index (χ0) is 15.5. The number of para-hydroxylation sites is 1. The number of halogens is 2. The van der Waals surface area contributed by atoms with Gasteiger partial charge in [-0.05, 0) is 36.6 Å². The predicted molar refractivity (Wildman–Crippen MR) is 99.5 cm³/mol. The van der Waals surface area contributed by atoms with Crippen LogP contribution in [-0.2, 0) is 6.42 Å². The number of nitrogens with zero attached hydrogens (tertiary/aromatic N) is 1. The molecule has 3 rings (SSSR count). The number of fused-ring (bicyclic) bond motifs is 1. The fourth-order valence-corrected chi connectivity index (χ4v) is 3.13. The lowest BCUT2D eigenvalue weighted by molar-refractivity contribution is 0.112. The van der Waals surface area contributed by atoms with Crippen molar-refractivity contribution in [2.24, 2.45) is 0 Å². The summed E-state index contributed by atoms with van der Waals surface area (Å²) in [5, 5.41) is 1.36. The van der Waals surface area contributed by atoms with Crippen LogP contribution in [0.4, 0.5) is 0 Å². The lowest BCUT2D eigenvalue weighted by Gasteiger charge is -2.08. The first-order valence-corrected chi connectivity index (χ1v) is 7.97. The summed E-state index contributed by atoms with van der Waals surface area (Å²) in [4.78, 5) is 11.4. The van der Waals surface area contributed by atoms with Crippen LogP contribution in [0.1, 0.15) is 35.7 Å². The summed E-state index contributed by atoms with van der Waals surface area (Å²) in [6.07, 6.45) is 4.31. The molecule has 0 saturated heterocycles. The number of aldehydes is 1. The fourth-order valence-electron chi connectivity index (χ4n) is 2.79. The largest absolute Gasteiger partial charge is 0.300 e. The Balaban J connectivity index is 0.00000192. The molecule has 2 aromatic carbocycles. The van der Waals surface area contributed by atoms with Gasteiger partial charge in [0.25, 0.3) is 0 Å². The molecule has 120 valence electrons. The second-order valence-corrected chi connectivity index (χ2v) is 5.80. The second kappa shape index (κ2) is 7.67. The van der Waals surface area contributed by atoms with E-state index in [2.05, 4.69) is 31.2 Å². The third-order valence-corrected chi connectivity index (χ3v) is 4.36. The number of hydrogen-bond acceptors (Lipinski definition) is 1. The van der Waals surface area contributed by atoms with Gasteiger partial charge in [-0.25, -0.2) is 0 Å². The highest BCUT2D eigenvalue weighted by atomic mass is 35.5. The van der Waals surface area contributed by atoms with Gasteiger partial charge in [0.05, 0.1) is 11.1 Å². The lowest BCUT2D eigenvalue weighted by Crippen LogP contribution is -1.95. The Morgan fingerprint density at radius 1 is 1.09 bits per heavy atom. The van der Waals surface area contributed by atoms with Gasteiger partial charge in [0.1, 0.15) is 5.15 Å².